The van der Waals surface area contributed by atoms with Crippen molar-refractivity contribution in [2.24, 2.45) is 0 Å². The first-order chi connectivity index (χ1) is 15.0. The first-order valence-corrected chi connectivity index (χ1v) is 10.6. The predicted molar refractivity (Wildman–Crippen MR) is 120 cm³/mol. The SMILES string of the molecule is COc1ccc(C(CC(=O)NC(C)c2ccc(N3CCOCC3)cc2)NC(C)=O)cc1. The molecular formula is C24H31N3O4. The van der Waals surface area contributed by atoms with Crippen LogP contribution in [0.15, 0.2) is 48.5 Å². The first-order valence-electron chi connectivity index (χ1n) is 10.6. The highest BCUT2D eigenvalue weighted by molar-refractivity contribution is 5.79. The minimum absolute atomic E-state index is 0.126. The summed E-state index contributed by atoms with van der Waals surface area (Å²) in [5.41, 5.74) is 3.05. The molecule has 1 heterocycles. The van der Waals surface area contributed by atoms with E-state index in [1.165, 1.54) is 6.92 Å². The van der Waals surface area contributed by atoms with Crippen molar-refractivity contribution < 1.29 is 19.1 Å². The number of methoxy groups -OCH3 is 1. The third kappa shape index (κ3) is 6.46. The standard InChI is InChI=1S/C24H31N3O4/c1-17(19-4-8-21(9-5-19)27-12-14-31-15-13-27)25-24(29)16-23(26-18(2)28)20-6-10-22(30-3)11-7-20/h4-11,17,23H,12-16H2,1-3H3,(H,25,29)(H,26,28). The summed E-state index contributed by atoms with van der Waals surface area (Å²) in [4.78, 5) is 26.7. The number of ether oxygens (including phenoxy) is 2. The summed E-state index contributed by atoms with van der Waals surface area (Å²) >= 11 is 0. The molecule has 0 bridgehead atoms. The quantitative estimate of drug-likeness (QED) is 0.680. The van der Waals surface area contributed by atoms with E-state index < -0.39 is 6.04 Å². The Kier molecular flexibility index (Phi) is 7.89. The maximum Gasteiger partial charge on any atom is 0.222 e. The van der Waals surface area contributed by atoms with Crippen LogP contribution in [0, 0.1) is 0 Å². The second kappa shape index (κ2) is 10.8. The van der Waals surface area contributed by atoms with Crippen molar-refractivity contribution in [1.29, 1.82) is 0 Å². The lowest BCUT2D eigenvalue weighted by molar-refractivity contribution is -0.123. The fourth-order valence-corrected chi connectivity index (χ4v) is 3.70. The molecule has 2 N–H and O–H groups in total. The number of nitrogens with zero attached hydrogens (tertiary/aromatic N) is 1. The Morgan fingerprint density at radius 3 is 2.19 bits per heavy atom. The van der Waals surface area contributed by atoms with Crippen molar-refractivity contribution in [1.82, 2.24) is 10.6 Å². The van der Waals surface area contributed by atoms with Gasteiger partial charge in [-0.1, -0.05) is 24.3 Å². The fourth-order valence-electron chi connectivity index (χ4n) is 3.70. The van der Waals surface area contributed by atoms with Gasteiger partial charge in [-0.2, -0.15) is 0 Å². The zero-order valence-corrected chi connectivity index (χ0v) is 18.4. The Morgan fingerprint density at radius 1 is 1.00 bits per heavy atom. The highest BCUT2D eigenvalue weighted by atomic mass is 16.5. The van der Waals surface area contributed by atoms with Gasteiger partial charge in [-0.3, -0.25) is 9.59 Å². The highest BCUT2D eigenvalue weighted by Gasteiger charge is 2.19. The van der Waals surface area contributed by atoms with E-state index in [2.05, 4.69) is 27.7 Å². The average Bonchev–Trinajstić information content (AvgIpc) is 2.79. The van der Waals surface area contributed by atoms with E-state index in [9.17, 15) is 9.59 Å². The van der Waals surface area contributed by atoms with E-state index in [-0.39, 0.29) is 24.3 Å². The normalized spacial score (nSPS) is 15.6. The Bertz CT molecular complexity index is 861. The minimum Gasteiger partial charge on any atom is -0.497 e. The number of benzene rings is 2. The average molecular weight is 426 g/mol. The van der Waals surface area contributed by atoms with Gasteiger partial charge in [0, 0.05) is 25.7 Å². The molecule has 31 heavy (non-hydrogen) atoms. The lowest BCUT2D eigenvalue weighted by atomic mass is 10.0. The minimum atomic E-state index is -0.403. The van der Waals surface area contributed by atoms with Gasteiger partial charge in [0.1, 0.15) is 5.75 Å². The molecule has 3 rings (SSSR count). The molecule has 0 aromatic heterocycles. The summed E-state index contributed by atoms with van der Waals surface area (Å²) in [7, 11) is 1.60. The highest BCUT2D eigenvalue weighted by Crippen LogP contribution is 2.23. The summed E-state index contributed by atoms with van der Waals surface area (Å²) in [5, 5.41) is 5.91. The van der Waals surface area contributed by atoms with Crippen LogP contribution < -0.4 is 20.3 Å². The molecule has 2 atom stereocenters. The molecule has 7 heteroatoms. The molecule has 0 radical (unpaired) electrons. The van der Waals surface area contributed by atoms with Gasteiger partial charge in [-0.15, -0.1) is 0 Å². The van der Waals surface area contributed by atoms with E-state index in [1.807, 2.05) is 43.3 Å². The van der Waals surface area contributed by atoms with Crippen molar-refractivity contribution in [3.8, 4) is 5.75 Å². The first kappa shape index (κ1) is 22.6. The van der Waals surface area contributed by atoms with E-state index in [0.717, 1.165) is 48.9 Å². The van der Waals surface area contributed by atoms with Crippen LogP contribution in [-0.2, 0) is 14.3 Å². The Hall–Kier alpha value is -3.06. The van der Waals surface area contributed by atoms with Gasteiger partial charge in [0.2, 0.25) is 11.8 Å². The molecule has 0 spiro atoms. The van der Waals surface area contributed by atoms with Gasteiger partial charge in [-0.05, 0) is 42.3 Å². The van der Waals surface area contributed by atoms with E-state index in [0.29, 0.717) is 0 Å². The van der Waals surface area contributed by atoms with E-state index in [4.69, 9.17) is 9.47 Å². The number of hydrogen-bond donors (Lipinski definition) is 2. The van der Waals surface area contributed by atoms with Gasteiger partial charge in [0.05, 0.1) is 38.8 Å². The zero-order valence-electron chi connectivity index (χ0n) is 18.4. The van der Waals surface area contributed by atoms with Crippen LogP contribution in [0.3, 0.4) is 0 Å². The van der Waals surface area contributed by atoms with Gasteiger partial charge in [0.25, 0.3) is 0 Å². The number of carbonyl (C=O) groups is 2. The van der Waals surface area contributed by atoms with Crippen molar-refractivity contribution >= 4 is 17.5 Å². The second-order valence-electron chi connectivity index (χ2n) is 7.71. The molecule has 0 aliphatic carbocycles. The molecule has 2 amide bonds. The lowest BCUT2D eigenvalue weighted by Crippen LogP contribution is -2.36. The summed E-state index contributed by atoms with van der Waals surface area (Å²) in [5.74, 6) is 0.420. The van der Waals surface area contributed by atoms with Crippen molar-refractivity contribution in [3.05, 3.63) is 59.7 Å². The van der Waals surface area contributed by atoms with Gasteiger partial charge in [0.15, 0.2) is 0 Å². The third-order valence-corrected chi connectivity index (χ3v) is 5.43. The number of nitrogens with one attached hydrogen (secondary N) is 2. The zero-order chi connectivity index (χ0) is 22.2. The monoisotopic (exact) mass is 425 g/mol. The topological polar surface area (TPSA) is 79.9 Å². The number of rotatable bonds is 8. The second-order valence-corrected chi connectivity index (χ2v) is 7.71. The summed E-state index contributed by atoms with van der Waals surface area (Å²) in [6.07, 6.45) is 0.155. The maximum absolute atomic E-state index is 12.7. The molecule has 2 aromatic rings. The van der Waals surface area contributed by atoms with Crippen LogP contribution in [0.1, 0.15) is 43.5 Å². The molecule has 1 saturated heterocycles. The maximum atomic E-state index is 12.7. The molecule has 166 valence electrons. The lowest BCUT2D eigenvalue weighted by Gasteiger charge is -2.29. The largest absolute Gasteiger partial charge is 0.497 e. The smallest absolute Gasteiger partial charge is 0.222 e. The molecule has 0 saturated carbocycles. The van der Waals surface area contributed by atoms with Crippen LogP contribution in [0.4, 0.5) is 5.69 Å². The Labute approximate surface area is 183 Å². The summed E-state index contributed by atoms with van der Waals surface area (Å²) in [6.45, 7) is 6.69. The molecule has 2 aromatic carbocycles. The number of morpholine rings is 1. The molecule has 1 aliphatic heterocycles. The van der Waals surface area contributed by atoms with Crippen LogP contribution in [-0.4, -0.2) is 45.2 Å². The molecule has 1 fully saturated rings. The number of hydrogen-bond acceptors (Lipinski definition) is 5. The van der Waals surface area contributed by atoms with Crippen LogP contribution >= 0.6 is 0 Å². The van der Waals surface area contributed by atoms with Gasteiger partial charge < -0.3 is 25.0 Å². The fraction of sp³-hybridized carbons (Fsp3) is 0.417. The van der Waals surface area contributed by atoms with E-state index >= 15 is 0 Å². The summed E-state index contributed by atoms with van der Waals surface area (Å²) in [6, 6.07) is 15.1. The van der Waals surface area contributed by atoms with Gasteiger partial charge >= 0.3 is 0 Å². The number of amides is 2. The molecule has 1 aliphatic rings. The van der Waals surface area contributed by atoms with Crippen molar-refractivity contribution in [3.63, 3.8) is 0 Å². The number of anilines is 1. The van der Waals surface area contributed by atoms with E-state index in [1.54, 1.807) is 7.11 Å². The van der Waals surface area contributed by atoms with Crippen molar-refractivity contribution in [2.75, 3.05) is 38.3 Å². The summed E-state index contributed by atoms with van der Waals surface area (Å²) < 4.78 is 10.6. The van der Waals surface area contributed by atoms with Crippen LogP contribution in [0.2, 0.25) is 0 Å². The molecule has 7 nitrogen and oxygen atoms in total. The predicted octanol–water partition coefficient (Wildman–Crippen LogP) is 2.98. The Balaban J connectivity index is 1.60. The molecule has 2 unspecified atom stereocenters. The Morgan fingerprint density at radius 2 is 1.61 bits per heavy atom. The number of carbonyl (C=O) groups excluding carboxylic acids is 2. The van der Waals surface area contributed by atoms with Crippen LogP contribution in [0.5, 0.6) is 5.75 Å². The van der Waals surface area contributed by atoms with Crippen molar-refractivity contribution in [2.45, 2.75) is 32.4 Å². The van der Waals surface area contributed by atoms with Crippen LogP contribution in [0.25, 0.3) is 0 Å². The van der Waals surface area contributed by atoms with Gasteiger partial charge in [-0.25, -0.2) is 0 Å². The molecular weight excluding hydrogens is 394 g/mol. The third-order valence-electron chi connectivity index (χ3n) is 5.43.